The third kappa shape index (κ3) is 4.26. The lowest BCUT2D eigenvalue weighted by Crippen LogP contribution is -2.34. The molecule has 2 N–H and O–H groups in total. The number of para-hydroxylation sites is 2. The molecule has 7 heteroatoms. The average Bonchev–Trinajstić information content (AvgIpc) is 3.02. The molecular formula is C19H20ClN3O3. The fraction of sp³-hybridized carbons (Fsp3) is 0.263. The Balaban J connectivity index is 1.53. The Bertz CT molecular complexity index is 795. The SMILES string of the molecule is COc1ccccc1NC(=O)NCC1CC(=O)N(c2ccc(Cl)cc2)C1. The highest BCUT2D eigenvalue weighted by Crippen LogP contribution is 2.26. The maximum absolute atomic E-state index is 12.2. The third-order valence-electron chi connectivity index (χ3n) is 4.25. The first-order valence-electron chi connectivity index (χ1n) is 8.30. The largest absolute Gasteiger partial charge is 0.495 e. The van der Waals surface area contributed by atoms with Gasteiger partial charge in [-0.1, -0.05) is 23.7 Å². The highest BCUT2D eigenvalue weighted by Gasteiger charge is 2.30. The molecule has 1 atom stereocenters. The van der Waals surface area contributed by atoms with Gasteiger partial charge in [-0.05, 0) is 36.4 Å². The van der Waals surface area contributed by atoms with Crippen LogP contribution in [0.3, 0.4) is 0 Å². The van der Waals surface area contributed by atoms with E-state index in [4.69, 9.17) is 16.3 Å². The van der Waals surface area contributed by atoms with Gasteiger partial charge in [-0.25, -0.2) is 4.79 Å². The van der Waals surface area contributed by atoms with Crippen molar-refractivity contribution >= 4 is 34.9 Å². The quantitative estimate of drug-likeness (QED) is 0.842. The van der Waals surface area contributed by atoms with Gasteiger partial charge in [0.1, 0.15) is 5.75 Å². The normalized spacial score (nSPS) is 16.5. The Labute approximate surface area is 157 Å². The number of carbonyl (C=O) groups excluding carboxylic acids is 2. The zero-order valence-electron chi connectivity index (χ0n) is 14.4. The molecule has 26 heavy (non-hydrogen) atoms. The second kappa shape index (κ2) is 8.10. The predicted molar refractivity (Wildman–Crippen MR) is 102 cm³/mol. The van der Waals surface area contributed by atoms with E-state index < -0.39 is 0 Å². The number of urea groups is 1. The van der Waals surface area contributed by atoms with Gasteiger partial charge in [0.15, 0.2) is 0 Å². The molecule has 0 radical (unpaired) electrons. The van der Waals surface area contributed by atoms with Crippen molar-refractivity contribution in [2.75, 3.05) is 30.4 Å². The maximum Gasteiger partial charge on any atom is 0.319 e. The van der Waals surface area contributed by atoms with Crippen LogP contribution in [-0.2, 0) is 4.79 Å². The van der Waals surface area contributed by atoms with Crippen LogP contribution in [0.2, 0.25) is 5.02 Å². The number of anilines is 2. The summed E-state index contributed by atoms with van der Waals surface area (Å²) in [5, 5.41) is 6.21. The first-order valence-corrected chi connectivity index (χ1v) is 8.68. The van der Waals surface area contributed by atoms with Crippen LogP contribution in [0.4, 0.5) is 16.2 Å². The van der Waals surface area contributed by atoms with E-state index in [0.29, 0.717) is 36.0 Å². The van der Waals surface area contributed by atoms with Gasteiger partial charge < -0.3 is 20.3 Å². The van der Waals surface area contributed by atoms with Crippen molar-refractivity contribution < 1.29 is 14.3 Å². The van der Waals surface area contributed by atoms with E-state index in [-0.39, 0.29) is 17.9 Å². The van der Waals surface area contributed by atoms with Crippen LogP contribution in [0.15, 0.2) is 48.5 Å². The molecule has 0 bridgehead atoms. The van der Waals surface area contributed by atoms with E-state index in [1.165, 1.54) is 0 Å². The summed E-state index contributed by atoms with van der Waals surface area (Å²) in [4.78, 5) is 26.1. The summed E-state index contributed by atoms with van der Waals surface area (Å²) in [6, 6.07) is 14.0. The highest BCUT2D eigenvalue weighted by molar-refractivity contribution is 6.30. The molecule has 1 fully saturated rings. The highest BCUT2D eigenvalue weighted by atomic mass is 35.5. The molecule has 6 nitrogen and oxygen atoms in total. The van der Waals surface area contributed by atoms with Crippen LogP contribution in [0.1, 0.15) is 6.42 Å². The molecule has 3 amide bonds. The smallest absolute Gasteiger partial charge is 0.319 e. The third-order valence-corrected chi connectivity index (χ3v) is 4.50. The minimum atomic E-state index is -0.327. The zero-order valence-corrected chi connectivity index (χ0v) is 15.1. The summed E-state index contributed by atoms with van der Waals surface area (Å²) in [5.41, 5.74) is 1.41. The van der Waals surface area contributed by atoms with Crippen molar-refractivity contribution in [2.45, 2.75) is 6.42 Å². The fourth-order valence-corrected chi connectivity index (χ4v) is 3.07. The molecule has 0 saturated carbocycles. The number of benzene rings is 2. The van der Waals surface area contributed by atoms with Gasteiger partial charge in [0.25, 0.3) is 0 Å². The van der Waals surface area contributed by atoms with E-state index in [9.17, 15) is 9.59 Å². The first-order chi connectivity index (χ1) is 12.6. The van der Waals surface area contributed by atoms with E-state index in [2.05, 4.69) is 10.6 Å². The molecule has 2 aromatic rings. The summed E-state index contributed by atoms with van der Waals surface area (Å²) in [6.45, 7) is 0.978. The molecule has 136 valence electrons. The fourth-order valence-electron chi connectivity index (χ4n) is 2.94. The zero-order chi connectivity index (χ0) is 18.5. The lowest BCUT2D eigenvalue weighted by Gasteiger charge is -2.17. The minimum absolute atomic E-state index is 0.0456. The monoisotopic (exact) mass is 373 g/mol. The van der Waals surface area contributed by atoms with Crippen molar-refractivity contribution in [3.8, 4) is 5.75 Å². The molecule has 1 saturated heterocycles. The van der Waals surface area contributed by atoms with Gasteiger partial charge in [-0.2, -0.15) is 0 Å². The van der Waals surface area contributed by atoms with Crippen LogP contribution in [-0.4, -0.2) is 32.1 Å². The molecule has 0 spiro atoms. The van der Waals surface area contributed by atoms with Crippen molar-refractivity contribution in [3.05, 3.63) is 53.6 Å². The molecule has 1 unspecified atom stereocenters. The number of rotatable bonds is 5. The second-order valence-electron chi connectivity index (χ2n) is 6.09. The van der Waals surface area contributed by atoms with Crippen molar-refractivity contribution in [3.63, 3.8) is 0 Å². The molecular weight excluding hydrogens is 354 g/mol. The lowest BCUT2D eigenvalue weighted by atomic mass is 10.1. The van der Waals surface area contributed by atoms with Crippen LogP contribution in [0.25, 0.3) is 0 Å². The Hall–Kier alpha value is -2.73. The Kier molecular flexibility index (Phi) is 5.63. The summed E-state index contributed by atoms with van der Waals surface area (Å²) < 4.78 is 5.21. The number of halogens is 1. The van der Waals surface area contributed by atoms with Crippen LogP contribution in [0, 0.1) is 5.92 Å². The van der Waals surface area contributed by atoms with E-state index in [1.54, 1.807) is 36.3 Å². The summed E-state index contributed by atoms with van der Waals surface area (Å²) in [7, 11) is 1.55. The Morgan fingerprint density at radius 3 is 2.69 bits per heavy atom. The van der Waals surface area contributed by atoms with E-state index >= 15 is 0 Å². The van der Waals surface area contributed by atoms with Gasteiger partial charge in [0, 0.05) is 36.1 Å². The molecule has 3 rings (SSSR count). The number of methoxy groups -OCH3 is 1. The first kappa shape index (κ1) is 18.1. The van der Waals surface area contributed by atoms with Gasteiger partial charge in [-0.15, -0.1) is 0 Å². The minimum Gasteiger partial charge on any atom is -0.495 e. The molecule has 1 aliphatic rings. The molecule has 2 aromatic carbocycles. The van der Waals surface area contributed by atoms with Gasteiger partial charge >= 0.3 is 6.03 Å². The number of hydrogen-bond donors (Lipinski definition) is 2. The molecule has 1 aliphatic heterocycles. The number of ether oxygens (including phenoxy) is 1. The van der Waals surface area contributed by atoms with E-state index in [1.807, 2.05) is 24.3 Å². The number of hydrogen-bond acceptors (Lipinski definition) is 3. The summed E-state index contributed by atoms with van der Waals surface area (Å²) in [5.74, 6) is 0.693. The van der Waals surface area contributed by atoms with E-state index in [0.717, 1.165) is 5.69 Å². The topological polar surface area (TPSA) is 70.7 Å². The number of nitrogens with one attached hydrogen (secondary N) is 2. The summed E-state index contributed by atoms with van der Waals surface area (Å²) in [6.07, 6.45) is 0.400. The standard InChI is InChI=1S/C19H20ClN3O3/c1-26-17-5-3-2-4-16(17)22-19(25)21-11-13-10-18(24)23(12-13)15-8-6-14(20)7-9-15/h2-9,13H,10-12H2,1H3,(H2,21,22,25). The second-order valence-corrected chi connectivity index (χ2v) is 6.52. The molecule has 1 heterocycles. The van der Waals surface area contributed by atoms with Crippen LogP contribution in [0.5, 0.6) is 5.75 Å². The van der Waals surface area contributed by atoms with Crippen molar-refractivity contribution in [1.82, 2.24) is 5.32 Å². The Morgan fingerprint density at radius 1 is 1.23 bits per heavy atom. The lowest BCUT2D eigenvalue weighted by molar-refractivity contribution is -0.117. The van der Waals surface area contributed by atoms with Crippen LogP contribution >= 0.6 is 11.6 Å². The van der Waals surface area contributed by atoms with Crippen molar-refractivity contribution in [1.29, 1.82) is 0 Å². The van der Waals surface area contributed by atoms with Gasteiger partial charge in [-0.3, -0.25) is 4.79 Å². The number of carbonyl (C=O) groups is 2. The molecule has 0 aromatic heterocycles. The van der Waals surface area contributed by atoms with Crippen LogP contribution < -0.4 is 20.3 Å². The van der Waals surface area contributed by atoms with Gasteiger partial charge in [0.05, 0.1) is 12.8 Å². The molecule has 0 aliphatic carbocycles. The average molecular weight is 374 g/mol. The maximum atomic E-state index is 12.2. The summed E-state index contributed by atoms with van der Waals surface area (Å²) >= 11 is 5.89. The number of amides is 3. The Morgan fingerprint density at radius 2 is 1.96 bits per heavy atom. The van der Waals surface area contributed by atoms with Crippen molar-refractivity contribution in [2.24, 2.45) is 5.92 Å². The number of nitrogens with zero attached hydrogens (tertiary/aromatic N) is 1. The predicted octanol–water partition coefficient (Wildman–Crippen LogP) is 3.52. The van der Waals surface area contributed by atoms with Gasteiger partial charge in [0.2, 0.25) is 5.91 Å².